The Kier molecular flexibility index (Phi) is 5.47. The molecule has 2 aromatic heterocycles. The summed E-state index contributed by atoms with van der Waals surface area (Å²) in [6.45, 7) is 7.80. The highest BCUT2D eigenvalue weighted by atomic mass is 16.5. The smallest absolute Gasteiger partial charge is 0.309 e. The number of ether oxygens (including phenoxy) is 1. The fraction of sp³-hybridized carbons (Fsp3) is 0.455. The number of fused-ring (bicyclic) bond motifs is 1. The fourth-order valence-electron chi connectivity index (χ4n) is 3.72. The molecule has 0 spiro atoms. The van der Waals surface area contributed by atoms with Crippen LogP contribution in [0.1, 0.15) is 38.1 Å². The van der Waals surface area contributed by atoms with Gasteiger partial charge in [-0.1, -0.05) is 41.9 Å². The van der Waals surface area contributed by atoms with E-state index in [1.54, 1.807) is 0 Å². The van der Waals surface area contributed by atoms with Crippen LogP contribution in [-0.2, 0) is 16.0 Å². The Labute approximate surface area is 170 Å². The lowest BCUT2D eigenvalue weighted by Gasteiger charge is -2.31. The predicted octanol–water partition coefficient (Wildman–Crippen LogP) is 3.94. The first-order chi connectivity index (χ1) is 14.1. The minimum Gasteiger partial charge on any atom is -0.466 e. The van der Waals surface area contributed by atoms with Crippen LogP contribution in [0.3, 0.4) is 0 Å². The van der Waals surface area contributed by atoms with E-state index >= 15 is 0 Å². The lowest BCUT2D eigenvalue weighted by atomic mass is 9.97. The summed E-state index contributed by atoms with van der Waals surface area (Å²) in [5.41, 5.74) is 4.24. The van der Waals surface area contributed by atoms with Gasteiger partial charge in [-0.25, -0.2) is 9.97 Å². The molecule has 7 nitrogen and oxygen atoms in total. The summed E-state index contributed by atoms with van der Waals surface area (Å²) in [5, 5.41) is 4.32. The van der Waals surface area contributed by atoms with Gasteiger partial charge in [0.15, 0.2) is 5.82 Å². The van der Waals surface area contributed by atoms with Gasteiger partial charge in [-0.05, 0) is 26.7 Å². The topological polar surface area (TPSA) is 81.4 Å². The van der Waals surface area contributed by atoms with Gasteiger partial charge in [-0.2, -0.15) is 0 Å². The van der Waals surface area contributed by atoms with E-state index in [2.05, 4.69) is 29.1 Å². The molecule has 3 heterocycles. The number of hydrogen-bond acceptors (Lipinski definition) is 7. The van der Waals surface area contributed by atoms with Crippen molar-refractivity contribution in [1.29, 1.82) is 0 Å². The zero-order valence-electron chi connectivity index (χ0n) is 17.1. The van der Waals surface area contributed by atoms with E-state index in [9.17, 15) is 4.79 Å². The summed E-state index contributed by atoms with van der Waals surface area (Å²) in [6, 6.07) is 8.17. The van der Waals surface area contributed by atoms with E-state index in [0.717, 1.165) is 60.8 Å². The van der Waals surface area contributed by atoms with Crippen molar-refractivity contribution in [3.05, 3.63) is 35.7 Å². The minimum absolute atomic E-state index is 0.0491. The Morgan fingerprint density at radius 2 is 1.90 bits per heavy atom. The Bertz CT molecular complexity index is 1000. The van der Waals surface area contributed by atoms with Crippen molar-refractivity contribution >= 4 is 22.9 Å². The van der Waals surface area contributed by atoms with E-state index in [1.165, 1.54) is 5.56 Å². The predicted molar refractivity (Wildman–Crippen MR) is 111 cm³/mol. The molecule has 7 heteroatoms. The fourth-order valence-corrected chi connectivity index (χ4v) is 3.72. The highest BCUT2D eigenvalue weighted by Gasteiger charge is 2.29. The van der Waals surface area contributed by atoms with Crippen LogP contribution >= 0.6 is 0 Å². The molecule has 0 unspecified atom stereocenters. The van der Waals surface area contributed by atoms with Crippen molar-refractivity contribution in [2.45, 2.75) is 40.0 Å². The molecule has 1 saturated heterocycles. The molecule has 4 rings (SSSR count). The number of piperidine rings is 1. The Hall–Kier alpha value is -2.96. The SMILES string of the molecule is CCOC(=O)C1CCN(c2nc(CC)nc3c(-c4ccc(C)cc4)noc23)CC1. The normalized spacial score (nSPS) is 15.1. The van der Waals surface area contributed by atoms with Crippen LogP contribution in [0.2, 0.25) is 0 Å². The van der Waals surface area contributed by atoms with Gasteiger partial charge in [0.1, 0.15) is 17.0 Å². The maximum absolute atomic E-state index is 12.0. The molecular formula is C22H26N4O3. The molecule has 0 radical (unpaired) electrons. The number of anilines is 1. The summed E-state index contributed by atoms with van der Waals surface area (Å²) in [4.78, 5) is 23.7. The van der Waals surface area contributed by atoms with Crippen molar-refractivity contribution < 1.29 is 14.1 Å². The molecule has 0 N–H and O–H groups in total. The molecule has 152 valence electrons. The number of nitrogens with zero attached hydrogens (tertiary/aromatic N) is 4. The molecule has 1 aliphatic rings. The van der Waals surface area contributed by atoms with Gasteiger partial charge in [-0.3, -0.25) is 4.79 Å². The minimum atomic E-state index is -0.101. The van der Waals surface area contributed by atoms with Crippen LogP contribution in [0.4, 0.5) is 5.82 Å². The second-order valence-corrected chi connectivity index (χ2v) is 7.41. The molecule has 0 aliphatic carbocycles. The number of rotatable bonds is 5. The molecule has 1 fully saturated rings. The largest absolute Gasteiger partial charge is 0.466 e. The molecular weight excluding hydrogens is 368 g/mol. The standard InChI is InChI=1S/C22H26N4O3/c1-4-17-23-19-18(15-8-6-14(3)7-9-15)25-29-20(19)21(24-17)26-12-10-16(11-13-26)22(27)28-5-2/h6-9,16H,4-5,10-13H2,1-3H3. The quantitative estimate of drug-likeness (QED) is 0.606. The maximum atomic E-state index is 12.0. The van der Waals surface area contributed by atoms with Crippen LogP contribution in [0.5, 0.6) is 0 Å². The summed E-state index contributed by atoms with van der Waals surface area (Å²) >= 11 is 0. The van der Waals surface area contributed by atoms with Gasteiger partial charge < -0.3 is 14.2 Å². The number of aryl methyl sites for hydroxylation is 2. The van der Waals surface area contributed by atoms with Crippen molar-refractivity contribution in [3.63, 3.8) is 0 Å². The average molecular weight is 394 g/mol. The zero-order valence-corrected chi connectivity index (χ0v) is 17.1. The van der Waals surface area contributed by atoms with Crippen LogP contribution in [0.25, 0.3) is 22.4 Å². The van der Waals surface area contributed by atoms with Crippen LogP contribution in [-0.4, -0.2) is 40.8 Å². The van der Waals surface area contributed by atoms with Gasteiger partial charge >= 0.3 is 5.97 Å². The molecule has 0 bridgehead atoms. The van der Waals surface area contributed by atoms with Gasteiger partial charge in [0.2, 0.25) is 5.58 Å². The number of benzene rings is 1. The average Bonchev–Trinajstić information content (AvgIpc) is 3.18. The highest BCUT2D eigenvalue weighted by molar-refractivity contribution is 5.94. The van der Waals surface area contributed by atoms with Crippen LogP contribution in [0, 0.1) is 12.8 Å². The zero-order chi connectivity index (χ0) is 20.4. The molecule has 1 aromatic carbocycles. The second-order valence-electron chi connectivity index (χ2n) is 7.41. The first kappa shape index (κ1) is 19.4. The van der Waals surface area contributed by atoms with Crippen LogP contribution < -0.4 is 4.90 Å². The third kappa shape index (κ3) is 3.81. The molecule has 3 aromatic rings. The van der Waals surface area contributed by atoms with E-state index in [4.69, 9.17) is 19.2 Å². The summed E-state index contributed by atoms with van der Waals surface area (Å²) in [7, 11) is 0. The number of esters is 1. The second kappa shape index (κ2) is 8.19. The van der Waals surface area contributed by atoms with Crippen molar-refractivity contribution in [3.8, 4) is 11.3 Å². The van der Waals surface area contributed by atoms with Crippen molar-refractivity contribution in [2.75, 3.05) is 24.6 Å². The Morgan fingerprint density at radius 3 is 2.55 bits per heavy atom. The third-order valence-electron chi connectivity index (χ3n) is 5.40. The van der Waals surface area contributed by atoms with E-state index in [-0.39, 0.29) is 11.9 Å². The third-order valence-corrected chi connectivity index (χ3v) is 5.40. The first-order valence-corrected chi connectivity index (χ1v) is 10.3. The summed E-state index contributed by atoms with van der Waals surface area (Å²) < 4.78 is 10.9. The Morgan fingerprint density at radius 1 is 1.17 bits per heavy atom. The van der Waals surface area contributed by atoms with Gasteiger partial charge in [-0.15, -0.1) is 0 Å². The number of carbonyl (C=O) groups excluding carboxylic acids is 1. The van der Waals surface area contributed by atoms with Crippen molar-refractivity contribution in [2.24, 2.45) is 5.92 Å². The van der Waals surface area contributed by atoms with Crippen molar-refractivity contribution in [1.82, 2.24) is 15.1 Å². The highest BCUT2D eigenvalue weighted by Crippen LogP contribution is 2.33. The summed E-state index contributed by atoms with van der Waals surface area (Å²) in [5.74, 6) is 1.37. The molecule has 0 saturated carbocycles. The molecule has 0 atom stereocenters. The van der Waals surface area contributed by atoms with Gasteiger partial charge in [0, 0.05) is 25.1 Å². The maximum Gasteiger partial charge on any atom is 0.309 e. The van der Waals surface area contributed by atoms with E-state index in [0.29, 0.717) is 12.2 Å². The van der Waals surface area contributed by atoms with E-state index < -0.39 is 0 Å². The molecule has 0 amide bonds. The van der Waals surface area contributed by atoms with Gasteiger partial charge in [0.25, 0.3) is 0 Å². The molecule has 1 aliphatic heterocycles. The number of aromatic nitrogens is 3. The lowest BCUT2D eigenvalue weighted by Crippen LogP contribution is -2.37. The number of hydrogen-bond donors (Lipinski definition) is 0. The lowest BCUT2D eigenvalue weighted by molar-refractivity contribution is -0.148. The molecule has 29 heavy (non-hydrogen) atoms. The Balaban J connectivity index is 1.67. The monoisotopic (exact) mass is 394 g/mol. The van der Waals surface area contributed by atoms with Crippen LogP contribution in [0.15, 0.2) is 28.8 Å². The summed E-state index contributed by atoms with van der Waals surface area (Å²) in [6.07, 6.45) is 2.20. The first-order valence-electron chi connectivity index (χ1n) is 10.3. The van der Waals surface area contributed by atoms with E-state index in [1.807, 2.05) is 26.0 Å². The number of carbonyl (C=O) groups is 1. The van der Waals surface area contributed by atoms with Gasteiger partial charge in [0.05, 0.1) is 12.5 Å².